The number of hydrogen-bond acceptors (Lipinski definition) is 2. The van der Waals surface area contributed by atoms with Gasteiger partial charge in [-0.2, -0.15) is 0 Å². The molecule has 122 valence electrons. The monoisotopic (exact) mass is 320 g/mol. The molecular formula is C19H29ClN2. The van der Waals surface area contributed by atoms with Gasteiger partial charge < -0.3 is 10.2 Å². The van der Waals surface area contributed by atoms with E-state index in [1.807, 2.05) is 36.4 Å². The van der Waals surface area contributed by atoms with Gasteiger partial charge in [-0.05, 0) is 63.7 Å². The van der Waals surface area contributed by atoms with E-state index in [0.717, 1.165) is 23.8 Å². The molecule has 0 aliphatic carbocycles. The summed E-state index contributed by atoms with van der Waals surface area (Å²) < 4.78 is 0. The smallest absolute Gasteiger partial charge is 0.0405 e. The summed E-state index contributed by atoms with van der Waals surface area (Å²) in [5, 5.41) is 4.30. The Hall–Kier alpha value is -1.25. The number of hydrogen-bond donors (Lipinski definition) is 1. The topological polar surface area (TPSA) is 15.3 Å². The molecule has 0 aliphatic heterocycles. The summed E-state index contributed by atoms with van der Waals surface area (Å²) >= 11 is 6.04. The molecule has 0 bridgehead atoms. The van der Waals surface area contributed by atoms with E-state index >= 15 is 0 Å². The molecule has 1 N–H and O–H groups in total. The first-order valence-corrected chi connectivity index (χ1v) is 8.61. The zero-order valence-electron chi connectivity index (χ0n) is 14.1. The van der Waals surface area contributed by atoms with Crippen molar-refractivity contribution >= 4 is 17.3 Å². The summed E-state index contributed by atoms with van der Waals surface area (Å²) in [6.07, 6.45) is 2.39. The van der Waals surface area contributed by atoms with Crippen LogP contribution in [0, 0.1) is 0 Å². The Morgan fingerprint density at radius 2 is 1.64 bits per heavy atom. The molecule has 0 heterocycles. The van der Waals surface area contributed by atoms with Gasteiger partial charge >= 0.3 is 0 Å². The Bertz CT molecular complexity index is 471. The Kier molecular flexibility index (Phi) is 9.69. The molecule has 0 unspecified atom stereocenters. The largest absolute Gasteiger partial charge is 0.383 e. The molecule has 22 heavy (non-hydrogen) atoms. The van der Waals surface area contributed by atoms with E-state index < -0.39 is 0 Å². The third-order valence-corrected chi connectivity index (χ3v) is 3.96. The molecule has 1 atom stereocenters. The molecule has 1 aromatic carbocycles. The predicted molar refractivity (Wildman–Crippen MR) is 99.2 cm³/mol. The van der Waals surface area contributed by atoms with E-state index in [4.69, 9.17) is 11.6 Å². The quantitative estimate of drug-likeness (QED) is 0.691. The van der Waals surface area contributed by atoms with Crippen molar-refractivity contribution in [2.24, 2.45) is 0 Å². The highest BCUT2D eigenvalue weighted by atomic mass is 35.5. The minimum absolute atomic E-state index is 0.456. The van der Waals surface area contributed by atoms with Gasteiger partial charge in [0.15, 0.2) is 0 Å². The van der Waals surface area contributed by atoms with Gasteiger partial charge in [-0.3, -0.25) is 0 Å². The van der Waals surface area contributed by atoms with Crippen LogP contribution in [0.4, 0.5) is 5.69 Å². The second kappa shape index (κ2) is 11.3. The van der Waals surface area contributed by atoms with E-state index in [9.17, 15) is 0 Å². The molecule has 0 amide bonds. The van der Waals surface area contributed by atoms with Gasteiger partial charge in [0.05, 0.1) is 0 Å². The number of nitrogens with zero attached hydrogens (tertiary/aromatic N) is 1. The van der Waals surface area contributed by atoms with Crippen LogP contribution >= 0.6 is 11.6 Å². The van der Waals surface area contributed by atoms with Gasteiger partial charge in [-0.1, -0.05) is 49.7 Å². The first-order chi connectivity index (χ1) is 10.7. The fourth-order valence-electron chi connectivity index (χ4n) is 2.34. The average molecular weight is 321 g/mol. The van der Waals surface area contributed by atoms with Gasteiger partial charge in [-0.15, -0.1) is 0 Å². The predicted octanol–water partition coefficient (Wildman–Crippen LogP) is 5.39. The Balaban J connectivity index is 2.56. The zero-order chi connectivity index (χ0) is 16.2. The fraction of sp³-hybridized carbons (Fsp3) is 0.474. The summed E-state index contributed by atoms with van der Waals surface area (Å²) in [5.41, 5.74) is 1.11. The van der Waals surface area contributed by atoms with Crippen molar-refractivity contribution in [3.05, 3.63) is 53.6 Å². The molecule has 0 spiro atoms. The van der Waals surface area contributed by atoms with Crippen LogP contribution in [0.2, 0.25) is 5.02 Å². The van der Waals surface area contributed by atoms with Gasteiger partial charge in [0.1, 0.15) is 0 Å². The SMILES string of the molecule is CCN(CC)CCC[C@H](C)Nc1cccccc(Cl)ccc1. The van der Waals surface area contributed by atoms with Crippen LogP contribution in [0.25, 0.3) is 0 Å². The van der Waals surface area contributed by atoms with Crippen molar-refractivity contribution in [3.63, 3.8) is 0 Å². The van der Waals surface area contributed by atoms with Crippen molar-refractivity contribution < 1.29 is 0 Å². The highest BCUT2D eigenvalue weighted by Gasteiger charge is 2.03. The lowest BCUT2D eigenvalue weighted by Gasteiger charge is -2.20. The first kappa shape index (κ1) is 18.8. The highest BCUT2D eigenvalue weighted by molar-refractivity contribution is 6.30. The molecule has 0 saturated carbocycles. The molecular weight excluding hydrogens is 292 g/mol. The van der Waals surface area contributed by atoms with Crippen LogP contribution in [0.5, 0.6) is 0 Å². The molecule has 1 rings (SSSR count). The number of anilines is 1. The average Bonchev–Trinajstić information content (AvgIpc) is 2.51. The van der Waals surface area contributed by atoms with Crippen LogP contribution in [0.1, 0.15) is 33.6 Å². The van der Waals surface area contributed by atoms with Crippen LogP contribution < -0.4 is 5.32 Å². The van der Waals surface area contributed by atoms with E-state index in [2.05, 4.69) is 43.1 Å². The second-order valence-electron chi connectivity index (χ2n) is 5.49. The van der Waals surface area contributed by atoms with Crippen LogP contribution in [0.15, 0.2) is 48.5 Å². The van der Waals surface area contributed by atoms with Crippen molar-refractivity contribution in [2.75, 3.05) is 25.0 Å². The maximum Gasteiger partial charge on any atom is 0.0405 e. The summed E-state index contributed by atoms with van der Waals surface area (Å²) in [6.45, 7) is 10.1. The number of nitrogens with one attached hydrogen (secondary N) is 1. The minimum atomic E-state index is 0.456. The van der Waals surface area contributed by atoms with E-state index in [1.54, 1.807) is 0 Å². The lowest BCUT2D eigenvalue weighted by atomic mass is 10.1. The van der Waals surface area contributed by atoms with E-state index in [0.29, 0.717) is 6.04 Å². The molecule has 0 aliphatic rings. The van der Waals surface area contributed by atoms with Gasteiger partial charge in [-0.25, -0.2) is 0 Å². The Morgan fingerprint density at radius 1 is 1.00 bits per heavy atom. The van der Waals surface area contributed by atoms with Gasteiger partial charge in [0.25, 0.3) is 0 Å². The third-order valence-electron chi connectivity index (χ3n) is 3.70. The van der Waals surface area contributed by atoms with Crippen LogP contribution in [-0.2, 0) is 0 Å². The van der Waals surface area contributed by atoms with Gasteiger partial charge in [0.2, 0.25) is 0 Å². The number of rotatable bonds is 8. The molecule has 0 aromatic heterocycles. The second-order valence-corrected chi connectivity index (χ2v) is 5.93. The summed E-state index contributed by atoms with van der Waals surface area (Å²) in [5.74, 6) is 0. The zero-order valence-corrected chi connectivity index (χ0v) is 14.8. The van der Waals surface area contributed by atoms with Crippen LogP contribution in [-0.4, -0.2) is 30.6 Å². The minimum Gasteiger partial charge on any atom is -0.383 e. The van der Waals surface area contributed by atoms with E-state index in [1.165, 1.54) is 19.4 Å². The maximum atomic E-state index is 6.04. The van der Waals surface area contributed by atoms with Crippen molar-refractivity contribution in [1.29, 1.82) is 0 Å². The summed E-state index contributed by atoms with van der Waals surface area (Å²) in [6, 6.07) is 16.3. The Morgan fingerprint density at radius 3 is 2.36 bits per heavy atom. The third kappa shape index (κ3) is 8.26. The standard InChI is InChI=1S/C19H29ClN2/c1-4-22(5-2)16-10-11-17(3)21-19-14-8-6-7-12-18(20)13-9-15-19/h6-9,12-15,17,21H,4-5,10-11,16H2,1-3H3/t17-/m0/s1. The fourth-order valence-corrected chi connectivity index (χ4v) is 2.48. The number of halogens is 1. The summed E-state index contributed by atoms with van der Waals surface area (Å²) in [7, 11) is 0. The lowest BCUT2D eigenvalue weighted by Crippen LogP contribution is -2.25. The van der Waals surface area contributed by atoms with Crippen molar-refractivity contribution in [2.45, 2.75) is 39.7 Å². The highest BCUT2D eigenvalue weighted by Crippen LogP contribution is 2.10. The van der Waals surface area contributed by atoms with Gasteiger partial charge in [0, 0.05) is 16.8 Å². The molecule has 3 heteroatoms. The molecule has 0 radical (unpaired) electrons. The lowest BCUT2D eigenvalue weighted by molar-refractivity contribution is 0.295. The Labute approximate surface area is 140 Å². The molecule has 1 aromatic rings. The first-order valence-electron chi connectivity index (χ1n) is 8.23. The van der Waals surface area contributed by atoms with Crippen molar-refractivity contribution in [3.8, 4) is 0 Å². The normalized spacial score (nSPS) is 11.9. The van der Waals surface area contributed by atoms with E-state index in [-0.39, 0.29) is 0 Å². The molecule has 0 fully saturated rings. The summed E-state index contributed by atoms with van der Waals surface area (Å²) in [4.78, 5) is 2.47. The molecule has 2 nitrogen and oxygen atoms in total. The molecule has 0 saturated heterocycles. The van der Waals surface area contributed by atoms with Crippen LogP contribution in [0.3, 0.4) is 0 Å². The maximum absolute atomic E-state index is 6.04. The van der Waals surface area contributed by atoms with Crippen molar-refractivity contribution in [1.82, 2.24) is 4.90 Å².